The zero-order valence-corrected chi connectivity index (χ0v) is 16.1. The third-order valence-electron chi connectivity index (χ3n) is 5.17. The van der Waals surface area contributed by atoms with Crippen molar-refractivity contribution in [2.24, 2.45) is 5.73 Å². The van der Waals surface area contributed by atoms with Crippen LogP contribution in [0.3, 0.4) is 0 Å². The van der Waals surface area contributed by atoms with E-state index in [1.54, 1.807) is 0 Å². The summed E-state index contributed by atoms with van der Waals surface area (Å²) >= 11 is 0. The number of rotatable bonds is 7. The topological polar surface area (TPSA) is 253 Å². The summed E-state index contributed by atoms with van der Waals surface area (Å²) in [5.41, 5.74) is 5.10. The number of nitrogens with zero attached hydrogens (tertiary/aromatic N) is 1. The third kappa shape index (κ3) is 4.65. The number of aliphatic hydroxyl groups excluding tert-OH is 7. The van der Waals surface area contributed by atoms with Crippen LogP contribution in [0.15, 0.2) is 6.33 Å². The normalized spacial score (nSPS) is 41.1. The van der Waals surface area contributed by atoms with E-state index in [1.165, 1.54) is 6.33 Å². The quantitative estimate of drug-likeness (QED) is 0.186. The molecule has 0 saturated carbocycles. The fourth-order valence-corrected chi connectivity index (χ4v) is 3.44. The second kappa shape index (κ2) is 9.70. The SMILES string of the molecule is NC(=O)c1[nH]cnc1N[C@@H]1OC(CO)[C@@H](O[C@@H]2OC(CO)[C@H](O)[C@H](O)C2O)[C@H](O)C1O. The van der Waals surface area contributed by atoms with E-state index in [-0.39, 0.29) is 11.5 Å². The fourth-order valence-electron chi connectivity index (χ4n) is 3.44. The van der Waals surface area contributed by atoms with Crippen molar-refractivity contribution in [2.75, 3.05) is 18.5 Å². The summed E-state index contributed by atoms with van der Waals surface area (Å²) in [7, 11) is 0. The van der Waals surface area contributed by atoms with E-state index in [2.05, 4.69) is 15.3 Å². The maximum absolute atomic E-state index is 11.4. The van der Waals surface area contributed by atoms with Gasteiger partial charge in [0.1, 0.15) is 54.5 Å². The number of aromatic nitrogens is 2. The number of hydrogen-bond acceptors (Lipinski definition) is 13. The number of nitrogens with two attached hydrogens (primary N) is 1. The van der Waals surface area contributed by atoms with E-state index in [0.717, 1.165) is 0 Å². The Balaban J connectivity index is 1.73. The minimum Gasteiger partial charge on any atom is -0.394 e. The van der Waals surface area contributed by atoms with Crippen molar-refractivity contribution in [1.29, 1.82) is 0 Å². The Labute approximate surface area is 175 Å². The molecule has 11 N–H and O–H groups in total. The standard InChI is InChI=1S/C16H26N4O11/c17-13(28)6-14(19-3-18-6)20-15-10(26)9(25)12(5(2-22)29-15)31-16-11(27)8(24)7(23)4(1-21)30-16/h3-5,7-12,15-16,20-27H,1-2H2,(H2,17,28)(H,18,19)/t4?,5?,7-,8-,9+,10?,11?,12+,15+,16-/m0/s1. The molecule has 0 bridgehead atoms. The lowest BCUT2D eigenvalue weighted by molar-refractivity contribution is -0.340. The first-order chi connectivity index (χ1) is 14.7. The molecule has 2 fully saturated rings. The Morgan fingerprint density at radius 1 is 1.03 bits per heavy atom. The molecular weight excluding hydrogens is 424 g/mol. The van der Waals surface area contributed by atoms with Crippen LogP contribution in [-0.2, 0) is 14.2 Å². The lowest BCUT2D eigenvalue weighted by Crippen LogP contribution is -2.65. The van der Waals surface area contributed by atoms with E-state index in [0.29, 0.717) is 0 Å². The zero-order valence-electron chi connectivity index (χ0n) is 16.1. The van der Waals surface area contributed by atoms with Crippen molar-refractivity contribution in [3.63, 3.8) is 0 Å². The van der Waals surface area contributed by atoms with Gasteiger partial charge < -0.3 is 66.0 Å². The van der Waals surface area contributed by atoms with Crippen LogP contribution >= 0.6 is 0 Å². The Morgan fingerprint density at radius 2 is 1.71 bits per heavy atom. The van der Waals surface area contributed by atoms with Gasteiger partial charge in [-0.05, 0) is 0 Å². The van der Waals surface area contributed by atoms with Gasteiger partial charge >= 0.3 is 0 Å². The number of hydrogen-bond donors (Lipinski definition) is 10. The molecule has 0 spiro atoms. The zero-order chi connectivity index (χ0) is 22.9. The first-order valence-electron chi connectivity index (χ1n) is 9.37. The van der Waals surface area contributed by atoms with Gasteiger partial charge in [-0.1, -0.05) is 0 Å². The number of imidazole rings is 1. The van der Waals surface area contributed by atoms with E-state index in [9.17, 15) is 40.5 Å². The minimum absolute atomic E-state index is 0.0614. The summed E-state index contributed by atoms with van der Waals surface area (Å²) in [6, 6.07) is 0. The molecule has 0 radical (unpaired) electrons. The molecule has 176 valence electrons. The van der Waals surface area contributed by atoms with Crippen molar-refractivity contribution < 1.29 is 54.8 Å². The molecule has 1 aromatic rings. The molecule has 15 nitrogen and oxygen atoms in total. The van der Waals surface area contributed by atoms with Gasteiger partial charge in [0.15, 0.2) is 18.3 Å². The van der Waals surface area contributed by atoms with Crippen LogP contribution in [-0.4, -0.2) is 126 Å². The van der Waals surface area contributed by atoms with Crippen LogP contribution < -0.4 is 11.1 Å². The highest BCUT2D eigenvalue weighted by Gasteiger charge is 2.50. The monoisotopic (exact) mass is 450 g/mol. The summed E-state index contributed by atoms with van der Waals surface area (Å²) < 4.78 is 16.2. The maximum atomic E-state index is 11.4. The van der Waals surface area contributed by atoms with Crippen molar-refractivity contribution in [2.45, 2.75) is 61.3 Å². The highest BCUT2D eigenvalue weighted by Crippen LogP contribution is 2.29. The predicted molar refractivity (Wildman–Crippen MR) is 97.1 cm³/mol. The summed E-state index contributed by atoms with van der Waals surface area (Å²) in [5.74, 6) is -0.901. The fraction of sp³-hybridized carbons (Fsp3) is 0.750. The van der Waals surface area contributed by atoms with Crippen molar-refractivity contribution in [3.8, 4) is 0 Å². The number of aromatic amines is 1. The number of primary amides is 1. The van der Waals surface area contributed by atoms with Gasteiger partial charge in [0.05, 0.1) is 19.5 Å². The number of aliphatic hydroxyl groups is 7. The largest absolute Gasteiger partial charge is 0.394 e. The van der Waals surface area contributed by atoms with Crippen LogP contribution in [0.25, 0.3) is 0 Å². The minimum atomic E-state index is -1.76. The van der Waals surface area contributed by atoms with Gasteiger partial charge in [0.2, 0.25) is 0 Å². The van der Waals surface area contributed by atoms with Gasteiger partial charge in [0.25, 0.3) is 5.91 Å². The highest BCUT2D eigenvalue weighted by atomic mass is 16.7. The van der Waals surface area contributed by atoms with E-state index >= 15 is 0 Å². The van der Waals surface area contributed by atoms with E-state index in [1.807, 2.05) is 0 Å². The number of nitrogens with one attached hydrogen (secondary N) is 2. The molecule has 4 unspecified atom stereocenters. The molecule has 15 heteroatoms. The van der Waals surface area contributed by atoms with Crippen LogP contribution in [0, 0.1) is 0 Å². The average Bonchev–Trinajstić information content (AvgIpc) is 3.21. The average molecular weight is 450 g/mol. The Bertz CT molecular complexity index is 747. The molecule has 1 aromatic heterocycles. The van der Waals surface area contributed by atoms with Gasteiger partial charge in [-0.3, -0.25) is 4.79 Å². The van der Waals surface area contributed by atoms with Crippen molar-refractivity contribution >= 4 is 11.7 Å². The number of H-pyrrole nitrogens is 1. The van der Waals surface area contributed by atoms with E-state index < -0.39 is 80.5 Å². The number of carbonyl (C=O) groups excluding carboxylic acids is 1. The lowest BCUT2D eigenvalue weighted by atomic mass is 9.96. The van der Waals surface area contributed by atoms with E-state index in [4.69, 9.17) is 19.9 Å². The summed E-state index contributed by atoms with van der Waals surface area (Å²) in [4.78, 5) is 17.7. The third-order valence-corrected chi connectivity index (χ3v) is 5.17. The number of anilines is 1. The number of carbonyl (C=O) groups is 1. The molecule has 1 amide bonds. The van der Waals surface area contributed by atoms with Gasteiger partial charge in [-0.2, -0.15) is 0 Å². The van der Waals surface area contributed by atoms with Crippen LogP contribution in [0.4, 0.5) is 5.82 Å². The highest BCUT2D eigenvalue weighted by molar-refractivity contribution is 5.95. The number of ether oxygens (including phenoxy) is 3. The molecule has 2 aliphatic rings. The molecule has 0 aliphatic carbocycles. The molecule has 31 heavy (non-hydrogen) atoms. The van der Waals surface area contributed by atoms with Gasteiger partial charge in [0, 0.05) is 0 Å². The smallest absolute Gasteiger partial charge is 0.269 e. The second-order valence-corrected chi connectivity index (χ2v) is 7.19. The Morgan fingerprint density at radius 3 is 2.32 bits per heavy atom. The molecule has 3 heterocycles. The molecule has 2 saturated heterocycles. The number of amides is 1. The van der Waals surface area contributed by atoms with Crippen molar-refractivity contribution in [1.82, 2.24) is 9.97 Å². The lowest BCUT2D eigenvalue weighted by Gasteiger charge is -2.46. The maximum Gasteiger partial charge on any atom is 0.269 e. The van der Waals surface area contributed by atoms with Gasteiger partial charge in [-0.25, -0.2) is 4.98 Å². The summed E-state index contributed by atoms with van der Waals surface area (Å²) in [6.45, 7) is -1.40. The molecule has 3 rings (SSSR count). The summed E-state index contributed by atoms with van der Waals surface area (Å²) in [6.07, 6.45) is -14.3. The van der Waals surface area contributed by atoms with Crippen LogP contribution in [0.2, 0.25) is 0 Å². The summed E-state index contributed by atoms with van der Waals surface area (Å²) in [5, 5.41) is 72.4. The van der Waals surface area contributed by atoms with Crippen LogP contribution in [0.5, 0.6) is 0 Å². The molecule has 10 atom stereocenters. The Hall–Kier alpha value is -1.92. The first-order valence-corrected chi connectivity index (χ1v) is 9.37. The predicted octanol–water partition coefficient (Wildman–Crippen LogP) is -5.46. The van der Waals surface area contributed by atoms with Crippen LogP contribution in [0.1, 0.15) is 10.5 Å². The Kier molecular flexibility index (Phi) is 7.43. The van der Waals surface area contributed by atoms with Gasteiger partial charge in [-0.15, -0.1) is 0 Å². The first kappa shape index (κ1) is 23.7. The second-order valence-electron chi connectivity index (χ2n) is 7.19. The molecular formula is C16H26N4O11. The molecule has 2 aliphatic heterocycles. The van der Waals surface area contributed by atoms with Crippen molar-refractivity contribution in [3.05, 3.63) is 12.0 Å². The molecule has 0 aromatic carbocycles.